The summed E-state index contributed by atoms with van der Waals surface area (Å²) in [4.78, 5) is 4.07. The third-order valence-electron chi connectivity index (χ3n) is 2.81. The fourth-order valence-corrected chi connectivity index (χ4v) is 3.42. The smallest absolute Gasteiger partial charge is 0.243 e. The molecule has 0 aliphatic heterocycles. The van der Waals surface area contributed by atoms with Gasteiger partial charge in [-0.2, -0.15) is 4.31 Å². The number of benzene rings is 1. The maximum Gasteiger partial charge on any atom is 0.243 e. The first-order valence-corrected chi connectivity index (χ1v) is 8.15. The summed E-state index contributed by atoms with van der Waals surface area (Å²) in [6.07, 6.45) is 0. The number of nitrogens with zero attached hydrogens (tertiary/aromatic N) is 2. The molecule has 1 heterocycles. The normalized spacial score (nSPS) is 12.0. The third-order valence-corrected chi connectivity index (χ3v) is 5.25. The Bertz CT molecular complexity index is 687. The second-order valence-electron chi connectivity index (χ2n) is 4.20. The molecule has 0 bridgehead atoms. The predicted molar refractivity (Wildman–Crippen MR) is 75.1 cm³/mol. The van der Waals surface area contributed by atoms with Gasteiger partial charge in [-0.05, 0) is 18.2 Å². The van der Waals surface area contributed by atoms with Crippen LogP contribution in [0.15, 0.2) is 34.0 Å². The minimum Gasteiger partial charge on any atom is -0.326 e. The molecule has 5 nitrogen and oxygen atoms in total. The van der Waals surface area contributed by atoms with Gasteiger partial charge in [0.05, 0.1) is 22.6 Å². The molecule has 0 saturated carbocycles. The Labute approximate surface area is 120 Å². The van der Waals surface area contributed by atoms with Gasteiger partial charge in [0.25, 0.3) is 0 Å². The SMILES string of the molecule is CN(Cc1cscn1)S(=O)(=O)c1ccc(F)c(CN)c1. The van der Waals surface area contributed by atoms with Gasteiger partial charge in [-0.3, -0.25) is 0 Å². The molecule has 0 fully saturated rings. The first-order valence-electron chi connectivity index (χ1n) is 5.77. The van der Waals surface area contributed by atoms with Gasteiger partial charge in [0.15, 0.2) is 0 Å². The molecule has 0 radical (unpaired) electrons. The van der Waals surface area contributed by atoms with E-state index in [-0.39, 0.29) is 23.5 Å². The average molecular weight is 315 g/mol. The highest BCUT2D eigenvalue weighted by molar-refractivity contribution is 7.89. The Morgan fingerprint density at radius 3 is 2.80 bits per heavy atom. The van der Waals surface area contributed by atoms with Crippen LogP contribution in [0.4, 0.5) is 4.39 Å². The molecule has 1 aromatic heterocycles. The molecule has 8 heteroatoms. The van der Waals surface area contributed by atoms with Crippen molar-refractivity contribution in [2.24, 2.45) is 5.73 Å². The van der Waals surface area contributed by atoms with Gasteiger partial charge < -0.3 is 5.73 Å². The first kappa shape index (κ1) is 15.0. The van der Waals surface area contributed by atoms with E-state index in [2.05, 4.69) is 4.98 Å². The topological polar surface area (TPSA) is 76.3 Å². The van der Waals surface area contributed by atoms with Gasteiger partial charge in [-0.15, -0.1) is 11.3 Å². The van der Waals surface area contributed by atoms with Crippen LogP contribution in [0.25, 0.3) is 0 Å². The van der Waals surface area contributed by atoms with Crippen molar-refractivity contribution in [2.75, 3.05) is 7.05 Å². The maximum atomic E-state index is 13.4. The Balaban J connectivity index is 2.29. The number of rotatable bonds is 5. The maximum absolute atomic E-state index is 13.4. The van der Waals surface area contributed by atoms with E-state index < -0.39 is 15.8 Å². The molecule has 2 N–H and O–H groups in total. The molecule has 0 saturated heterocycles. The molecule has 2 rings (SSSR count). The summed E-state index contributed by atoms with van der Waals surface area (Å²) in [5.41, 5.74) is 7.87. The monoisotopic (exact) mass is 315 g/mol. The van der Waals surface area contributed by atoms with Gasteiger partial charge in [0.2, 0.25) is 10.0 Å². The van der Waals surface area contributed by atoms with Crippen LogP contribution in [0, 0.1) is 5.82 Å². The van der Waals surface area contributed by atoms with Crippen molar-refractivity contribution in [3.05, 3.63) is 46.2 Å². The van der Waals surface area contributed by atoms with E-state index in [0.717, 1.165) is 6.07 Å². The summed E-state index contributed by atoms with van der Waals surface area (Å²) < 4.78 is 39.3. The summed E-state index contributed by atoms with van der Waals surface area (Å²) in [6, 6.07) is 3.62. The van der Waals surface area contributed by atoms with Crippen LogP contribution in [0.3, 0.4) is 0 Å². The zero-order valence-corrected chi connectivity index (χ0v) is 12.4. The van der Waals surface area contributed by atoms with Gasteiger partial charge >= 0.3 is 0 Å². The van der Waals surface area contributed by atoms with Crippen molar-refractivity contribution in [1.82, 2.24) is 9.29 Å². The summed E-state index contributed by atoms with van der Waals surface area (Å²) in [6.45, 7) is 0.117. The van der Waals surface area contributed by atoms with Crippen molar-refractivity contribution in [1.29, 1.82) is 0 Å². The van der Waals surface area contributed by atoms with E-state index in [1.165, 1.54) is 34.8 Å². The van der Waals surface area contributed by atoms with Gasteiger partial charge in [0, 0.05) is 24.5 Å². The number of sulfonamides is 1. The van der Waals surface area contributed by atoms with E-state index >= 15 is 0 Å². The highest BCUT2D eigenvalue weighted by Gasteiger charge is 2.22. The van der Waals surface area contributed by atoms with E-state index in [1.807, 2.05) is 0 Å². The number of thiazole rings is 1. The van der Waals surface area contributed by atoms with Crippen LogP contribution in [-0.2, 0) is 23.1 Å². The summed E-state index contributed by atoms with van der Waals surface area (Å²) in [5, 5.41) is 1.78. The number of hydrogen-bond acceptors (Lipinski definition) is 5. The van der Waals surface area contributed by atoms with Crippen LogP contribution in [-0.4, -0.2) is 24.8 Å². The number of nitrogens with two attached hydrogens (primary N) is 1. The molecule has 0 amide bonds. The highest BCUT2D eigenvalue weighted by atomic mass is 32.2. The van der Waals surface area contributed by atoms with Gasteiger partial charge in [-0.1, -0.05) is 0 Å². The Morgan fingerprint density at radius 1 is 1.45 bits per heavy atom. The Kier molecular flexibility index (Phi) is 4.48. The van der Waals surface area contributed by atoms with Crippen molar-refractivity contribution in [3.63, 3.8) is 0 Å². The zero-order chi connectivity index (χ0) is 14.8. The minimum atomic E-state index is -3.69. The lowest BCUT2D eigenvalue weighted by atomic mass is 10.2. The lowest BCUT2D eigenvalue weighted by molar-refractivity contribution is 0.462. The van der Waals surface area contributed by atoms with E-state index in [4.69, 9.17) is 5.73 Å². The van der Waals surface area contributed by atoms with Crippen molar-refractivity contribution in [2.45, 2.75) is 18.0 Å². The Morgan fingerprint density at radius 2 is 2.20 bits per heavy atom. The van der Waals surface area contributed by atoms with E-state index in [0.29, 0.717) is 5.69 Å². The average Bonchev–Trinajstić information content (AvgIpc) is 2.91. The van der Waals surface area contributed by atoms with Crippen LogP contribution in [0.5, 0.6) is 0 Å². The molecule has 2 aromatic rings. The zero-order valence-electron chi connectivity index (χ0n) is 10.8. The van der Waals surface area contributed by atoms with Crippen molar-refractivity contribution >= 4 is 21.4 Å². The molecular formula is C12H14FN3O2S2. The number of hydrogen-bond donors (Lipinski definition) is 1. The van der Waals surface area contributed by atoms with Crippen LogP contribution in [0.2, 0.25) is 0 Å². The summed E-state index contributed by atoms with van der Waals surface area (Å²) in [7, 11) is -2.23. The molecule has 0 aliphatic carbocycles. The highest BCUT2D eigenvalue weighted by Crippen LogP contribution is 2.19. The van der Waals surface area contributed by atoms with Gasteiger partial charge in [0.1, 0.15) is 5.82 Å². The quantitative estimate of drug-likeness (QED) is 0.908. The third kappa shape index (κ3) is 3.04. The molecule has 1 aromatic carbocycles. The standard InChI is InChI=1S/C12H14FN3O2S2/c1-16(6-10-7-19-8-15-10)20(17,18)11-2-3-12(13)9(4-11)5-14/h2-4,7-8H,5-6,14H2,1H3. The fraction of sp³-hybridized carbons (Fsp3) is 0.250. The van der Waals surface area contributed by atoms with Crippen molar-refractivity contribution < 1.29 is 12.8 Å². The predicted octanol–water partition coefficient (Wildman–Crippen LogP) is 1.56. The fourth-order valence-electron chi connectivity index (χ4n) is 1.68. The molecular weight excluding hydrogens is 301 g/mol. The molecule has 20 heavy (non-hydrogen) atoms. The molecule has 0 spiro atoms. The van der Waals surface area contributed by atoms with Crippen LogP contribution >= 0.6 is 11.3 Å². The first-order chi connectivity index (χ1) is 9.45. The molecule has 108 valence electrons. The largest absolute Gasteiger partial charge is 0.326 e. The van der Waals surface area contributed by atoms with Crippen molar-refractivity contribution in [3.8, 4) is 0 Å². The van der Waals surface area contributed by atoms with Crippen LogP contribution in [0.1, 0.15) is 11.3 Å². The van der Waals surface area contributed by atoms with E-state index in [9.17, 15) is 12.8 Å². The number of aromatic nitrogens is 1. The van der Waals surface area contributed by atoms with Crippen LogP contribution < -0.4 is 5.73 Å². The summed E-state index contributed by atoms with van der Waals surface area (Å²) in [5.74, 6) is -0.506. The second-order valence-corrected chi connectivity index (χ2v) is 6.96. The lowest BCUT2D eigenvalue weighted by Gasteiger charge is -2.16. The number of halogens is 1. The van der Waals surface area contributed by atoms with E-state index in [1.54, 1.807) is 10.9 Å². The molecule has 0 aliphatic rings. The summed E-state index contributed by atoms with van der Waals surface area (Å²) >= 11 is 1.40. The minimum absolute atomic E-state index is 0.0251. The lowest BCUT2D eigenvalue weighted by Crippen LogP contribution is -2.26. The molecule has 0 unspecified atom stereocenters. The second kappa shape index (κ2) is 5.96. The van der Waals surface area contributed by atoms with Gasteiger partial charge in [-0.25, -0.2) is 17.8 Å². The Hall–Kier alpha value is -1.35. The molecule has 0 atom stereocenters.